The van der Waals surface area contributed by atoms with E-state index in [1.165, 1.54) is 0 Å². The van der Waals surface area contributed by atoms with Gasteiger partial charge in [-0.05, 0) is 5.92 Å². The standard InChI is InChI=1S/C12H16F3N3O4/c1-6(2)4-22-11(21)18-8(10(19)20)3-7-9(12(13,14)15)17-5-16-7/h5-6,8H,3-4H2,1-2H3,(H,16,17)(H,18,21)(H,19,20). The van der Waals surface area contributed by atoms with Gasteiger partial charge in [-0.2, -0.15) is 13.2 Å². The molecule has 0 aliphatic carbocycles. The van der Waals surface area contributed by atoms with Crippen molar-refractivity contribution in [2.24, 2.45) is 5.92 Å². The Morgan fingerprint density at radius 1 is 1.45 bits per heavy atom. The monoisotopic (exact) mass is 323 g/mol. The summed E-state index contributed by atoms with van der Waals surface area (Å²) in [5.74, 6) is -1.44. The third kappa shape index (κ3) is 5.26. The molecule has 1 rings (SSSR count). The van der Waals surface area contributed by atoms with Crippen molar-refractivity contribution in [3.63, 3.8) is 0 Å². The number of alkyl carbamates (subject to hydrolysis) is 1. The maximum Gasteiger partial charge on any atom is 0.435 e. The Morgan fingerprint density at radius 2 is 2.09 bits per heavy atom. The fraction of sp³-hybridized carbons (Fsp3) is 0.583. The Balaban J connectivity index is 2.76. The number of nitrogens with one attached hydrogen (secondary N) is 2. The molecule has 0 saturated carbocycles. The molecule has 7 nitrogen and oxygen atoms in total. The van der Waals surface area contributed by atoms with Gasteiger partial charge >= 0.3 is 18.2 Å². The van der Waals surface area contributed by atoms with E-state index in [1.807, 2.05) is 5.32 Å². The number of carbonyl (C=O) groups is 2. The van der Waals surface area contributed by atoms with Crippen molar-refractivity contribution in [1.29, 1.82) is 0 Å². The van der Waals surface area contributed by atoms with Crippen molar-refractivity contribution in [1.82, 2.24) is 15.3 Å². The van der Waals surface area contributed by atoms with Gasteiger partial charge in [0.05, 0.1) is 12.9 Å². The zero-order valence-corrected chi connectivity index (χ0v) is 11.9. The molecule has 1 unspecified atom stereocenters. The molecule has 124 valence electrons. The number of imidazole rings is 1. The van der Waals surface area contributed by atoms with Gasteiger partial charge in [0.15, 0.2) is 5.69 Å². The Kier molecular flexibility index (Phi) is 5.77. The smallest absolute Gasteiger partial charge is 0.435 e. The fourth-order valence-corrected chi connectivity index (χ4v) is 1.55. The van der Waals surface area contributed by atoms with E-state index in [2.05, 4.69) is 9.97 Å². The summed E-state index contributed by atoms with van der Waals surface area (Å²) in [6.07, 6.45) is -5.50. The van der Waals surface area contributed by atoms with Crippen LogP contribution < -0.4 is 5.32 Å². The molecule has 1 aromatic rings. The average Bonchev–Trinajstić information content (AvgIpc) is 2.83. The Morgan fingerprint density at radius 3 is 2.59 bits per heavy atom. The summed E-state index contributed by atoms with van der Waals surface area (Å²) in [4.78, 5) is 27.9. The molecule has 0 bridgehead atoms. The summed E-state index contributed by atoms with van der Waals surface area (Å²) in [6.45, 7) is 3.63. The van der Waals surface area contributed by atoms with Crippen LogP contribution >= 0.6 is 0 Å². The second-order valence-electron chi connectivity index (χ2n) is 4.96. The summed E-state index contributed by atoms with van der Waals surface area (Å²) >= 11 is 0. The molecule has 0 aliphatic rings. The maximum absolute atomic E-state index is 12.7. The molecular weight excluding hydrogens is 307 g/mol. The number of alkyl halides is 3. The van der Waals surface area contributed by atoms with Crippen LogP contribution in [0.15, 0.2) is 6.33 Å². The van der Waals surface area contributed by atoms with Gasteiger partial charge in [-0.3, -0.25) is 0 Å². The van der Waals surface area contributed by atoms with Crippen LogP contribution in [0.1, 0.15) is 25.2 Å². The number of aromatic nitrogens is 2. The number of H-pyrrole nitrogens is 1. The number of nitrogens with zero attached hydrogens (tertiary/aromatic N) is 1. The molecule has 0 aliphatic heterocycles. The van der Waals surface area contributed by atoms with Gasteiger partial charge in [0.25, 0.3) is 0 Å². The number of amides is 1. The van der Waals surface area contributed by atoms with E-state index >= 15 is 0 Å². The number of halogens is 3. The summed E-state index contributed by atoms with van der Waals surface area (Å²) in [5.41, 5.74) is -1.64. The first kappa shape index (κ1) is 17.8. The lowest BCUT2D eigenvalue weighted by atomic mass is 10.1. The van der Waals surface area contributed by atoms with Crippen LogP contribution in [-0.2, 0) is 22.1 Å². The average molecular weight is 323 g/mol. The molecule has 10 heteroatoms. The molecule has 0 fully saturated rings. The molecule has 0 saturated heterocycles. The zero-order chi connectivity index (χ0) is 16.9. The Hall–Kier alpha value is -2.26. The SMILES string of the molecule is CC(C)COC(=O)NC(Cc1[nH]cnc1C(F)(F)F)C(=O)O. The quantitative estimate of drug-likeness (QED) is 0.740. The van der Waals surface area contributed by atoms with Crippen LogP contribution in [0.3, 0.4) is 0 Å². The third-order valence-electron chi connectivity index (χ3n) is 2.53. The van der Waals surface area contributed by atoms with Crippen LogP contribution in [0.25, 0.3) is 0 Å². The third-order valence-corrected chi connectivity index (χ3v) is 2.53. The van der Waals surface area contributed by atoms with Crippen LogP contribution in [0, 0.1) is 5.92 Å². The van der Waals surface area contributed by atoms with Crippen molar-refractivity contribution in [3.05, 3.63) is 17.7 Å². The van der Waals surface area contributed by atoms with Gasteiger partial charge in [0.1, 0.15) is 6.04 Å². The number of hydrogen-bond donors (Lipinski definition) is 3. The zero-order valence-electron chi connectivity index (χ0n) is 11.9. The molecule has 0 aromatic carbocycles. The predicted molar refractivity (Wildman–Crippen MR) is 68.0 cm³/mol. The maximum atomic E-state index is 12.7. The largest absolute Gasteiger partial charge is 0.480 e. The first-order valence-corrected chi connectivity index (χ1v) is 6.36. The second kappa shape index (κ2) is 7.14. The minimum atomic E-state index is -4.71. The van der Waals surface area contributed by atoms with Crippen molar-refractivity contribution in [2.45, 2.75) is 32.5 Å². The highest BCUT2D eigenvalue weighted by molar-refractivity contribution is 5.80. The number of aliphatic carboxylic acids is 1. The van der Waals surface area contributed by atoms with Gasteiger partial charge in [0, 0.05) is 12.1 Å². The highest BCUT2D eigenvalue weighted by Gasteiger charge is 2.37. The summed E-state index contributed by atoms with van der Waals surface area (Å²) < 4.78 is 42.7. The van der Waals surface area contributed by atoms with Gasteiger partial charge in [0.2, 0.25) is 0 Å². The Labute approximate surface area is 123 Å². The molecule has 22 heavy (non-hydrogen) atoms. The first-order valence-electron chi connectivity index (χ1n) is 6.36. The highest BCUT2D eigenvalue weighted by Crippen LogP contribution is 2.30. The molecule has 3 N–H and O–H groups in total. The van der Waals surface area contributed by atoms with E-state index in [0.717, 1.165) is 6.33 Å². The molecule has 1 aromatic heterocycles. The van der Waals surface area contributed by atoms with E-state index in [0.29, 0.717) is 0 Å². The molecular formula is C12H16F3N3O4. The number of rotatable bonds is 6. The first-order chi connectivity index (χ1) is 10.1. The van der Waals surface area contributed by atoms with Gasteiger partial charge in [-0.25, -0.2) is 14.6 Å². The molecule has 1 atom stereocenters. The topological polar surface area (TPSA) is 104 Å². The summed E-state index contributed by atoms with van der Waals surface area (Å²) in [6, 6.07) is -1.57. The van der Waals surface area contributed by atoms with E-state index in [-0.39, 0.29) is 12.5 Å². The van der Waals surface area contributed by atoms with Gasteiger partial charge in [-0.1, -0.05) is 13.8 Å². The van der Waals surface area contributed by atoms with Crippen LogP contribution in [0.5, 0.6) is 0 Å². The van der Waals surface area contributed by atoms with Gasteiger partial charge < -0.3 is 20.1 Å². The van der Waals surface area contributed by atoms with Crippen LogP contribution in [0.4, 0.5) is 18.0 Å². The molecule has 1 amide bonds. The lowest BCUT2D eigenvalue weighted by molar-refractivity contribution is -0.143. The fourth-order valence-electron chi connectivity index (χ4n) is 1.55. The van der Waals surface area contributed by atoms with Gasteiger partial charge in [-0.15, -0.1) is 0 Å². The van der Waals surface area contributed by atoms with Crippen molar-refractivity contribution in [2.75, 3.05) is 6.61 Å². The van der Waals surface area contributed by atoms with E-state index in [1.54, 1.807) is 13.8 Å². The highest BCUT2D eigenvalue weighted by atomic mass is 19.4. The minimum absolute atomic E-state index is 0.0402. The normalized spacial score (nSPS) is 13.0. The van der Waals surface area contributed by atoms with E-state index in [9.17, 15) is 22.8 Å². The number of aromatic amines is 1. The number of carbonyl (C=O) groups excluding carboxylic acids is 1. The Bertz CT molecular complexity index is 528. The van der Waals surface area contributed by atoms with E-state index < -0.39 is 42.1 Å². The van der Waals surface area contributed by atoms with Crippen molar-refractivity contribution in [3.8, 4) is 0 Å². The lowest BCUT2D eigenvalue weighted by Crippen LogP contribution is -2.43. The number of hydrogen-bond acceptors (Lipinski definition) is 4. The lowest BCUT2D eigenvalue weighted by Gasteiger charge is -2.15. The molecule has 1 heterocycles. The minimum Gasteiger partial charge on any atom is -0.480 e. The summed E-state index contributed by atoms with van der Waals surface area (Å²) in [5, 5.41) is 11.0. The van der Waals surface area contributed by atoms with Crippen LogP contribution in [0.2, 0.25) is 0 Å². The molecule has 0 radical (unpaired) electrons. The second-order valence-corrected chi connectivity index (χ2v) is 4.96. The van der Waals surface area contributed by atoms with Crippen molar-refractivity contribution >= 4 is 12.1 Å². The number of ether oxygens (including phenoxy) is 1. The van der Waals surface area contributed by atoms with Crippen molar-refractivity contribution < 1.29 is 32.6 Å². The predicted octanol–water partition coefficient (Wildman–Crippen LogP) is 1.81. The molecule has 0 spiro atoms. The summed E-state index contributed by atoms with van der Waals surface area (Å²) in [7, 11) is 0. The van der Waals surface area contributed by atoms with Crippen LogP contribution in [-0.4, -0.2) is 39.8 Å². The number of carboxylic acids is 1. The van der Waals surface area contributed by atoms with E-state index in [4.69, 9.17) is 9.84 Å². The number of carboxylic acid groups (broad SMARTS) is 1.